The molecule has 32 heavy (non-hydrogen) atoms. The third-order valence-corrected chi connectivity index (χ3v) is 7.17. The Kier molecular flexibility index (Phi) is 7.73. The lowest BCUT2D eigenvalue weighted by Crippen LogP contribution is -2.21. The largest absolute Gasteiger partial charge is 0.345 e. The highest BCUT2D eigenvalue weighted by molar-refractivity contribution is 7.99. The summed E-state index contributed by atoms with van der Waals surface area (Å²) >= 11 is 2.72. The molecule has 0 fully saturated rings. The van der Waals surface area contributed by atoms with Gasteiger partial charge in [-0.1, -0.05) is 32.0 Å². The molecule has 2 aromatic heterocycles. The van der Waals surface area contributed by atoms with E-state index >= 15 is 0 Å². The van der Waals surface area contributed by atoms with E-state index < -0.39 is 0 Å². The summed E-state index contributed by atoms with van der Waals surface area (Å²) in [4.78, 5) is 47.8. The van der Waals surface area contributed by atoms with Gasteiger partial charge in [-0.05, 0) is 49.1 Å². The quantitative estimate of drug-likeness (QED) is 0.376. The average Bonchev–Trinajstić information content (AvgIpc) is 3.07. The number of carbonyl (C=O) groups excluding carboxylic acids is 2. The van der Waals surface area contributed by atoms with Crippen LogP contribution >= 0.6 is 23.1 Å². The van der Waals surface area contributed by atoms with Gasteiger partial charge >= 0.3 is 0 Å². The summed E-state index contributed by atoms with van der Waals surface area (Å²) in [6.07, 6.45) is 1.92. The first-order valence-electron chi connectivity index (χ1n) is 10.5. The van der Waals surface area contributed by atoms with Crippen LogP contribution in [0.3, 0.4) is 0 Å². The molecule has 0 aliphatic heterocycles. The number of amides is 2. The molecule has 0 unspecified atom stereocenters. The van der Waals surface area contributed by atoms with Crippen molar-refractivity contribution in [2.24, 2.45) is 5.92 Å². The summed E-state index contributed by atoms with van der Waals surface area (Å²) in [7, 11) is 3.38. The van der Waals surface area contributed by atoms with Crippen LogP contribution in [-0.4, -0.2) is 46.5 Å². The van der Waals surface area contributed by atoms with Crippen LogP contribution < -0.4 is 10.9 Å². The molecule has 1 atom stereocenters. The fraction of sp³-hybridized carbons (Fsp3) is 0.391. The van der Waals surface area contributed by atoms with Crippen LogP contribution in [0.1, 0.15) is 41.1 Å². The van der Waals surface area contributed by atoms with Crippen molar-refractivity contribution in [1.82, 2.24) is 14.9 Å². The standard InChI is InChI=1S/C23H28N4O3S2/c1-6-13(2)11-17-14(3)32-21-19(17)20(29)25-23(26-21)31-12-18(28)24-16-9-7-15(8-10-16)22(30)27(4)5/h7-10,13H,6,11-12H2,1-5H3,(H,24,28)(H,25,26,29)/t13-/m1/s1. The van der Waals surface area contributed by atoms with Gasteiger partial charge in [0.25, 0.3) is 11.5 Å². The van der Waals surface area contributed by atoms with Crippen molar-refractivity contribution >= 4 is 50.8 Å². The van der Waals surface area contributed by atoms with E-state index in [0.29, 0.717) is 32.5 Å². The van der Waals surface area contributed by atoms with E-state index in [4.69, 9.17) is 0 Å². The van der Waals surface area contributed by atoms with Crippen LogP contribution in [0.15, 0.2) is 34.2 Å². The Morgan fingerprint density at radius 3 is 2.56 bits per heavy atom. The second-order valence-corrected chi connectivity index (χ2v) is 10.2. The zero-order valence-corrected chi connectivity index (χ0v) is 20.6. The van der Waals surface area contributed by atoms with Gasteiger partial charge in [0.05, 0.1) is 11.1 Å². The van der Waals surface area contributed by atoms with E-state index in [1.54, 1.807) is 38.4 Å². The maximum absolute atomic E-state index is 12.7. The predicted octanol–water partition coefficient (Wildman–Crippen LogP) is 4.31. The Bertz CT molecular complexity index is 1180. The number of aryl methyl sites for hydroxylation is 1. The van der Waals surface area contributed by atoms with E-state index in [9.17, 15) is 14.4 Å². The molecule has 170 valence electrons. The normalized spacial score (nSPS) is 12.0. The van der Waals surface area contributed by atoms with Gasteiger partial charge in [0.2, 0.25) is 5.91 Å². The molecule has 1 aromatic carbocycles. The molecule has 2 N–H and O–H groups in total. The number of rotatable bonds is 8. The molecule has 2 heterocycles. The lowest BCUT2D eigenvalue weighted by atomic mass is 9.98. The van der Waals surface area contributed by atoms with Crippen LogP contribution in [0.5, 0.6) is 0 Å². The number of H-pyrrole nitrogens is 1. The first-order chi connectivity index (χ1) is 15.2. The van der Waals surface area contributed by atoms with Gasteiger partial charge < -0.3 is 15.2 Å². The van der Waals surface area contributed by atoms with Gasteiger partial charge in [-0.15, -0.1) is 11.3 Å². The molecule has 0 saturated heterocycles. The smallest absolute Gasteiger partial charge is 0.260 e. The van der Waals surface area contributed by atoms with Gasteiger partial charge in [-0.3, -0.25) is 14.4 Å². The van der Waals surface area contributed by atoms with Crippen molar-refractivity contribution in [3.63, 3.8) is 0 Å². The second-order valence-electron chi connectivity index (χ2n) is 8.02. The zero-order chi connectivity index (χ0) is 23.4. The lowest BCUT2D eigenvalue weighted by Gasteiger charge is -2.11. The number of anilines is 1. The highest BCUT2D eigenvalue weighted by Gasteiger charge is 2.17. The van der Waals surface area contributed by atoms with Crippen molar-refractivity contribution in [3.8, 4) is 0 Å². The Hall–Kier alpha value is -2.65. The van der Waals surface area contributed by atoms with E-state index in [-0.39, 0.29) is 23.1 Å². The first-order valence-corrected chi connectivity index (χ1v) is 12.3. The summed E-state index contributed by atoms with van der Waals surface area (Å²) in [5.41, 5.74) is 2.09. The zero-order valence-electron chi connectivity index (χ0n) is 18.9. The number of hydrogen-bond acceptors (Lipinski definition) is 6. The molecule has 0 spiro atoms. The van der Waals surface area contributed by atoms with Crippen LogP contribution in [0.2, 0.25) is 0 Å². The minimum atomic E-state index is -0.218. The number of fused-ring (bicyclic) bond motifs is 1. The van der Waals surface area contributed by atoms with E-state index in [0.717, 1.165) is 23.3 Å². The van der Waals surface area contributed by atoms with Gasteiger partial charge in [0.15, 0.2) is 5.16 Å². The molecule has 0 bridgehead atoms. The van der Waals surface area contributed by atoms with E-state index in [1.807, 2.05) is 6.92 Å². The minimum absolute atomic E-state index is 0.0972. The monoisotopic (exact) mass is 472 g/mol. The molecule has 2 amide bonds. The fourth-order valence-electron chi connectivity index (χ4n) is 3.25. The molecule has 3 rings (SSSR count). The van der Waals surface area contributed by atoms with E-state index in [1.165, 1.54) is 28.0 Å². The Morgan fingerprint density at radius 2 is 1.94 bits per heavy atom. The van der Waals surface area contributed by atoms with Crippen molar-refractivity contribution in [3.05, 3.63) is 50.6 Å². The van der Waals surface area contributed by atoms with Crippen molar-refractivity contribution < 1.29 is 9.59 Å². The summed E-state index contributed by atoms with van der Waals surface area (Å²) < 4.78 is 0. The maximum atomic E-state index is 12.7. The highest BCUT2D eigenvalue weighted by atomic mass is 32.2. The fourth-order valence-corrected chi connectivity index (χ4v) is 5.02. The SMILES string of the molecule is CC[C@@H](C)Cc1c(C)sc2nc(SCC(=O)Nc3ccc(C(=O)N(C)C)cc3)[nH]c(=O)c12. The minimum Gasteiger partial charge on any atom is -0.345 e. The molecule has 0 radical (unpaired) electrons. The Morgan fingerprint density at radius 1 is 1.25 bits per heavy atom. The number of thiophene rings is 1. The molecule has 0 saturated carbocycles. The van der Waals surface area contributed by atoms with Crippen LogP contribution in [-0.2, 0) is 11.2 Å². The molecule has 9 heteroatoms. The number of nitrogens with one attached hydrogen (secondary N) is 2. The van der Waals surface area contributed by atoms with Gasteiger partial charge in [-0.25, -0.2) is 4.98 Å². The van der Waals surface area contributed by atoms with Gasteiger partial charge in [0, 0.05) is 30.2 Å². The third kappa shape index (κ3) is 5.58. The van der Waals surface area contributed by atoms with Crippen molar-refractivity contribution in [1.29, 1.82) is 0 Å². The Balaban J connectivity index is 1.66. The summed E-state index contributed by atoms with van der Waals surface area (Å²) in [5.74, 6) is 0.291. The number of nitrogens with zero attached hydrogens (tertiary/aromatic N) is 2. The number of hydrogen-bond donors (Lipinski definition) is 2. The number of benzene rings is 1. The highest BCUT2D eigenvalue weighted by Crippen LogP contribution is 2.30. The van der Waals surface area contributed by atoms with Crippen molar-refractivity contribution in [2.45, 2.75) is 38.8 Å². The van der Waals surface area contributed by atoms with Gasteiger partial charge in [-0.2, -0.15) is 0 Å². The maximum Gasteiger partial charge on any atom is 0.260 e. The molecule has 3 aromatic rings. The molecule has 0 aliphatic rings. The second kappa shape index (κ2) is 10.3. The summed E-state index contributed by atoms with van der Waals surface area (Å²) in [5, 5.41) is 3.91. The topological polar surface area (TPSA) is 95.2 Å². The number of carbonyl (C=O) groups is 2. The van der Waals surface area contributed by atoms with Gasteiger partial charge in [0.1, 0.15) is 4.83 Å². The third-order valence-electron chi connectivity index (χ3n) is 5.25. The molecule has 7 nitrogen and oxygen atoms in total. The molecule has 0 aliphatic carbocycles. The average molecular weight is 473 g/mol. The summed E-state index contributed by atoms with van der Waals surface area (Å²) in [6, 6.07) is 6.74. The molecular weight excluding hydrogens is 444 g/mol. The number of aromatic nitrogens is 2. The predicted molar refractivity (Wildman–Crippen MR) is 132 cm³/mol. The van der Waals surface area contributed by atoms with Crippen molar-refractivity contribution in [2.75, 3.05) is 25.2 Å². The number of aromatic amines is 1. The Labute approximate surface area is 195 Å². The van der Waals surface area contributed by atoms with Crippen LogP contribution in [0.25, 0.3) is 10.2 Å². The van der Waals surface area contributed by atoms with Crippen LogP contribution in [0.4, 0.5) is 5.69 Å². The van der Waals surface area contributed by atoms with E-state index in [2.05, 4.69) is 29.1 Å². The lowest BCUT2D eigenvalue weighted by molar-refractivity contribution is -0.113. The molecular formula is C23H28N4O3S2. The van der Waals surface area contributed by atoms with Crippen LogP contribution in [0, 0.1) is 12.8 Å². The first kappa shape index (κ1) is 24.0. The number of thioether (sulfide) groups is 1. The summed E-state index contributed by atoms with van der Waals surface area (Å²) in [6.45, 7) is 6.36.